The third-order valence-corrected chi connectivity index (χ3v) is 3.25. The van der Waals surface area contributed by atoms with Gasteiger partial charge in [-0.05, 0) is 25.7 Å². The Kier molecular flexibility index (Phi) is 4.03. The monoisotopic (exact) mass is 211 g/mol. The molecular weight excluding hydrogens is 186 g/mol. The number of hydrazine groups is 1. The van der Waals surface area contributed by atoms with Gasteiger partial charge in [-0.1, -0.05) is 20.4 Å². The van der Waals surface area contributed by atoms with E-state index >= 15 is 0 Å². The summed E-state index contributed by atoms with van der Waals surface area (Å²) in [6, 6.07) is 0.445. The molecule has 0 bridgehead atoms. The van der Waals surface area contributed by atoms with Gasteiger partial charge in [-0.15, -0.1) is 0 Å². The van der Waals surface area contributed by atoms with Crippen molar-refractivity contribution in [2.24, 2.45) is 11.8 Å². The Balaban J connectivity index is 2.43. The van der Waals surface area contributed by atoms with Gasteiger partial charge in [0.2, 0.25) is 0 Å². The molecule has 0 saturated carbocycles. The third kappa shape index (κ3) is 2.65. The van der Waals surface area contributed by atoms with Crippen molar-refractivity contribution in [3.05, 3.63) is 12.4 Å². The fourth-order valence-corrected chi connectivity index (χ4v) is 1.98. The normalized spacial score (nSPS) is 17.1. The predicted molar refractivity (Wildman–Crippen MR) is 65.1 cm³/mol. The first-order valence-electron chi connectivity index (χ1n) is 5.87. The summed E-state index contributed by atoms with van der Waals surface area (Å²) in [6.07, 6.45) is 0. The van der Waals surface area contributed by atoms with Crippen molar-refractivity contribution in [3.63, 3.8) is 0 Å². The summed E-state index contributed by atoms with van der Waals surface area (Å²) in [4.78, 5) is 2.35. The molecule has 1 N–H and O–H groups in total. The minimum Gasteiger partial charge on any atom is -0.357 e. The van der Waals surface area contributed by atoms with E-state index in [2.05, 4.69) is 49.6 Å². The molecule has 1 aliphatic heterocycles. The van der Waals surface area contributed by atoms with Crippen LogP contribution in [0, 0.1) is 11.8 Å². The zero-order valence-electron chi connectivity index (χ0n) is 10.7. The van der Waals surface area contributed by atoms with Gasteiger partial charge in [-0.3, -0.25) is 5.01 Å². The molecule has 1 aliphatic rings. The standard InChI is InChI=1S/C12H25N3/c1-9(2)12-7-14(8-12)11(5)15(13-6)10(3)4/h9-10,12-13H,5,7-8H2,1-4,6H3. The van der Waals surface area contributed by atoms with Gasteiger partial charge >= 0.3 is 0 Å². The van der Waals surface area contributed by atoms with Crippen LogP contribution in [0.4, 0.5) is 0 Å². The van der Waals surface area contributed by atoms with Crippen LogP contribution in [0.3, 0.4) is 0 Å². The second kappa shape index (κ2) is 4.88. The van der Waals surface area contributed by atoms with Crippen LogP contribution < -0.4 is 5.43 Å². The highest BCUT2D eigenvalue weighted by atomic mass is 15.6. The van der Waals surface area contributed by atoms with E-state index in [1.54, 1.807) is 0 Å². The van der Waals surface area contributed by atoms with Crippen LogP contribution in [-0.4, -0.2) is 36.1 Å². The Hall–Kier alpha value is -0.700. The Morgan fingerprint density at radius 2 is 1.87 bits per heavy atom. The number of nitrogens with zero attached hydrogens (tertiary/aromatic N) is 2. The molecule has 0 amide bonds. The topological polar surface area (TPSA) is 18.5 Å². The van der Waals surface area contributed by atoms with E-state index in [0.717, 1.165) is 30.7 Å². The molecule has 1 heterocycles. The molecular formula is C12H25N3. The van der Waals surface area contributed by atoms with Crippen molar-refractivity contribution in [1.82, 2.24) is 15.3 Å². The maximum atomic E-state index is 4.15. The molecule has 0 spiro atoms. The van der Waals surface area contributed by atoms with Crippen molar-refractivity contribution in [3.8, 4) is 0 Å². The van der Waals surface area contributed by atoms with Crippen LogP contribution >= 0.6 is 0 Å². The van der Waals surface area contributed by atoms with Gasteiger partial charge in [0.05, 0.1) is 0 Å². The molecule has 3 heteroatoms. The van der Waals surface area contributed by atoms with Crippen molar-refractivity contribution >= 4 is 0 Å². The Bertz CT molecular complexity index is 217. The molecule has 0 aromatic heterocycles. The molecule has 0 aromatic carbocycles. The Morgan fingerprint density at radius 1 is 1.33 bits per heavy atom. The Morgan fingerprint density at radius 3 is 2.20 bits per heavy atom. The van der Waals surface area contributed by atoms with Crippen molar-refractivity contribution in [2.45, 2.75) is 33.7 Å². The lowest BCUT2D eigenvalue weighted by molar-refractivity contribution is 0.0425. The molecule has 0 aliphatic carbocycles. The number of nitrogens with one attached hydrogen (secondary N) is 1. The summed E-state index contributed by atoms with van der Waals surface area (Å²) in [5, 5.41) is 2.12. The summed E-state index contributed by atoms with van der Waals surface area (Å²) in [5.41, 5.74) is 3.19. The first-order chi connectivity index (χ1) is 6.97. The minimum atomic E-state index is 0.445. The van der Waals surface area contributed by atoms with E-state index < -0.39 is 0 Å². The highest BCUT2D eigenvalue weighted by Gasteiger charge is 2.31. The molecule has 88 valence electrons. The zero-order valence-corrected chi connectivity index (χ0v) is 10.7. The van der Waals surface area contributed by atoms with E-state index in [0.29, 0.717) is 6.04 Å². The fraction of sp³-hybridized carbons (Fsp3) is 0.833. The average Bonchev–Trinajstić information content (AvgIpc) is 2.00. The maximum Gasteiger partial charge on any atom is 0.111 e. The quantitative estimate of drug-likeness (QED) is 0.701. The Labute approximate surface area is 94.1 Å². The van der Waals surface area contributed by atoms with Crippen LogP contribution in [0.5, 0.6) is 0 Å². The lowest BCUT2D eigenvalue weighted by Gasteiger charge is -2.47. The van der Waals surface area contributed by atoms with Gasteiger partial charge in [0.1, 0.15) is 5.82 Å². The largest absolute Gasteiger partial charge is 0.357 e. The van der Waals surface area contributed by atoms with Gasteiger partial charge < -0.3 is 4.90 Å². The van der Waals surface area contributed by atoms with E-state index in [9.17, 15) is 0 Å². The molecule has 1 saturated heterocycles. The lowest BCUT2D eigenvalue weighted by atomic mass is 9.88. The SMILES string of the molecule is C=C(N1CC(C(C)C)C1)N(NC)C(C)C. The minimum absolute atomic E-state index is 0.445. The summed E-state index contributed by atoms with van der Waals surface area (Å²) in [7, 11) is 1.95. The number of rotatable bonds is 5. The van der Waals surface area contributed by atoms with Crippen molar-refractivity contribution in [1.29, 1.82) is 0 Å². The van der Waals surface area contributed by atoms with Crippen LogP contribution in [0.25, 0.3) is 0 Å². The number of likely N-dealkylation sites (tertiary alicyclic amines) is 1. The number of hydrogen-bond donors (Lipinski definition) is 1. The van der Waals surface area contributed by atoms with Crippen LogP contribution in [0.2, 0.25) is 0 Å². The van der Waals surface area contributed by atoms with Crippen LogP contribution in [0.15, 0.2) is 12.4 Å². The second-order valence-electron chi connectivity index (χ2n) is 5.01. The van der Waals surface area contributed by atoms with E-state index in [1.807, 2.05) is 7.05 Å². The maximum absolute atomic E-state index is 4.15. The second-order valence-corrected chi connectivity index (χ2v) is 5.01. The predicted octanol–water partition coefficient (Wildman–Crippen LogP) is 1.89. The fourth-order valence-electron chi connectivity index (χ4n) is 1.98. The molecule has 1 fully saturated rings. The van der Waals surface area contributed by atoms with Crippen molar-refractivity contribution in [2.75, 3.05) is 20.1 Å². The van der Waals surface area contributed by atoms with Gasteiger partial charge in [0.25, 0.3) is 0 Å². The lowest BCUT2D eigenvalue weighted by Crippen LogP contribution is -2.54. The van der Waals surface area contributed by atoms with Crippen LogP contribution in [-0.2, 0) is 0 Å². The van der Waals surface area contributed by atoms with Gasteiger partial charge in [-0.2, -0.15) is 0 Å². The molecule has 0 unspecified atom stereocenters. The van der Waals surface area contributed by atoms with Gasteiger partial charge in [0, 0.05) is 26.2 Å². The zero-order chi connectivity index (χ0) is 11.6. The average molecular weight is 211 g/mol. The first-order valence-corrected chi connectivity index (χ1v) is 5.87. The number of hydrogen-bond acceptors (Lipinski definition) is 3. The molecule has 0 atom stereocenters. The first kappa shape index (κ1) is 12.4. The summed E-state index contributed by atoms with van der Waals surface area (Å²) in [5.74, 6) is 2.73. The third-order valence-electron chi connectivity index (χ3n) is 3.25. The van der Waals surface area contributed by atoms with E-state index in [4.69, 9.17) is 0 Å². The van der Waals surface area contributed by atoms with E-state index in [-0.39, 0.29) is 0 Å². The van der Waals surface area contributed by atoms with Crippen molar-refractivity contribution < 1.29 is 0 Å². The molecule has 1 rings (SSSR count). The van der Waals surface area contributed by atoms with Gasteiger partial charge in [-0.25, -0.2) is 5.43 Å². The molecule has 3 nitrogen and oxygen atoms in total. The molecule has 0 radical (unpaired) electrons. The van der Waals surface area contributed by atoms with E-state index in [1.165, 1.54) is 0 Å². The van der Waals surface area contributed by atoms with Crippen LogP contribution in [0.1, 0.15) is 27.7 Å². The molecule has 15 heavy (non-hydrogen) atoms. The van der Waals surface area contributed by atoms with Gasteiger partial charge in [0.15, 0.2) is 0 Å². The smallest absolute Gasteiger partial charge is 0.111 e. The summed E-state index contributed by atoms with van der Waals surface area (Å²) in [6.45, 7) is 15.4. The summed E-state index contributed by atoms with van der Waals surface area (Å²) >= 11 is 0. The summed E-state index contributed by atoms with van der Waals surface area (Å²) < 4.78 is 0. The highest BCUT2D eigenvalue weighted by molar-refractivity contribution is 5.00. The molecule has 0 aromatic rings. The highest BCUT2D eigenvalue weighted by Crippen LogP contribution is 2.27.